The Balaban J connectivity index is 0.00000161. The Hall–Kier alpha value is -1.06. The third kappa shape index (κ3) is 3.58. The van der Waals surface area contributed by atoms with Crippen LogP contribution in [-0.4, -0.2) is 11.9 Å². The second kappa shape index (κ2) is 7.28. The third-order valence-electron chi connectivity index (χ3n) is 4.85. The van der Waals surface area contributed by atoms with Crippen LogP contribution in [0, 0.1) is 5.92 Å². The molecule has 21 heavy (non-hydrogen) atoms. The largest absolute Gasteiger partial charge is 0.349 e. The highest BCUT2D eigenvalue weighted by Gasteiger charge is 2.25. The number of nitrogens with one attached hydrogen (secondary N) is 2. The van der Waals surface area contributed by atoms with Crippen molar-refractivity contribution in [2.24, 2.45) is 5.92 Å². The van der Waals surface area contributed by atoms with Crippen LogP contribution in [0.1, 0.15) is 60.5 Å². The van der Waals surface area contributed by atoms with E-state index in [0.717, 1.165) is 25.1 Å². The van der Waals surface area contributed by atoms with Crippen molar-refractivity contribution in [3.8, 4) is 0 Å². The number of hydrogen-bond acceptors (Lipinski definition) is 2. The summed E-state index contributed by atoms with van der Waals surface area (Å²) in [4.78, 5) is 12.4. The molecule has 1 saturated carbocycles. The van der Waals surface area contributed by atoms with Gasteiger partial charge < -0.3 is 10.6 Å². The molecule has 0 saturated heterocycles. The number of amides is 1. The lowest BCUT2D eigenvalue weighted by molar-refractivity contribution is 0.0904. The third-order valence-corrected chi connectivity index (χ3v) is 4.85. The van der Waals surface area contributed by atoms with Crippen LogP contribution in [-0.2, 0) is 13.1 Å². The highest BCUT2D eigenvalue weighted by Crippen LogP contribution is 2.27. The normalized spacial score (nSPS) is 24.0. The van der Waals surface area contributed by atoms with E-state index < -0.39 is 0 Å². The lowest BCUT2D eigenvalue weighted by atomic mass is 9.83. The molecule has 116 valence electrons. The van der Waals surface area contributed by atoms with Gasteiger partial charge in [0.05, 0.1) is 0 Å². The summed E-state index contributed by atoms with van der Waals surface area (Å²) in [5.74, 6) is 0.758. The fourth-order valence-corrected chi connectivity index (χ4v) is 3.57. The number of halogens is 1. The molecule has 1 heterocycles. The van der Waals surface area contributed by atoms with Crippen molar-refractivity contribution < 1.29 is 4.79 Å². The Kier molecular flexibility index (Phi) is 5.65. The first kappa shape index (κ1) is 16.3. The first-order valence-electron chi connectivity index (χ1n) is 7.91. The van der Waals surface area contributed by atoms with Gasteiger partial charge in [0.1, 0.15) is 0 Å². The van der Waals surface area contributed by atoms with Crippen molar-refractivity contribution in [3.63, 3.8) is 0 Å². The lowest BCUT2D eigenvalue weighted by Crippen LogP contribution is -2.41. The molecule has 4 heteroatoms. The second-order valence-electron chi connectivity index (χ2n) is 6.12. The Bertz CT molecular complexity index is 504. The van der Waals surface area contributed by atoms with Gasteiger partial charge in [-0.1, -0.05) is 32.3 Å². The molecule has 1 aromatic carbocycles. The molecule has 2 unspecified atom stereocenters. The van der Waals surface area contributed by atoms with Crippen molar-refractivity contribution in [3.05, 3.63) is 34.9 Å². The lowest BCUT2D eigenvalue weighted by Gasteiger charge is -2.31. The number of carbonyl (C=O) groups is 1. The summed E-state index contributed by atoms with van der Waals surface area (Å²) in [6.07, 6.45) is 6.12. The monoisotopic (exact) mass is 308 g/mol. The van der Waals surface area contributed by atoms with Crippen LogP contribution < -0.4 is 10.6 Å². The molecule has 3 nitrogen and oxygen atoms in total. The summed E-state index contributed by atoms with van der Waals surface area (Å²) in [5.41, 5.74) is 3.41. The van der Waals surface area contributed by atoms with Crippen LogP contribution in [0.5, 0.6) is 0 Å². The fraction of sp³-hybridized carbons (Fsp3) is 0.588. The molecule has 0 bridgehead atoms. The predicted molar refractivity (Wildman–Crippen MR) is 87.7 cm³/mol. The van der Waals surface area contributed by atoms with Gasteiger partial charge in [0.15, 0.2) is 0 Å². The highest BCUT2D eigenvalue weighted by atomic mass is 35.5. The summed E-state index contributed by atoms with van der Waals surface area (Å²) < 4.78 is 0. The van der Waals surface area contributed by atoms with Crippen molar-refractivity contribution >= 4 is 18.3 Å². The molecule has 0 aromatic heterocycles. The number of fused-ring (bicyclic) bond motifs is 1. The maximum absolute atomic E-state index is 12.4. The van der Waals surface area contributed by atoms with E-state index in [1.54, 1.807) is 0 Å². The molecular weight excluding hydrogens is 284 g/mol. The number of benzene rings is 1. The highest BCUT2D eigenvalue weighted by molar-refractivity contribution is 5.94. The van der Waals surface area contributed by atoms with Crippen molar-refractivity contribution in [2.75, 3.05) is 0 Å². The van der Waals surface area contributed by atoms with Gasteiger partial charge >= 0.3 is 0 Å². The minimum absolute atomic E-state index is 0. The minimum atomic E-state index is 0. The van der Waals surface area contributed by atoms with Crippen LogP contribution in [0.25, 0.3) is 0 Å². The van der Waals surface area contributed by atoms with E-state index in [-0.39, 0.29) is 18.3 Å². The zero-order chi connectivity index (χ0) is 13.9. The van der Waals surface area contributed by atoms with Crippen LogP contribution in [0.15, 0.2) is 18.2 Å². The first-order chi connectivity index (χ1) is 9.78. The molecule has 0 radical (unpaired) electrons. The van der Waals surface area contributed by atoms with Crippen LogP contribution >= 0.6 is 12.4 Å². The van der Waals surface area contributed by atoms with Gasteiger partial charge in [0, 0.05) is 24.7 Å². The standard InChI is InChI=1S/C17H24N2O.ClH/c1-2-12-5-3-4-6-16(12)19-17(20)13-7-8-14-10-18-11-15(14)9-13;/h7-9,12,16,18H,2-6,10-11H2,1H3,(H,19,20);1H. The van der Waals surface area contributed by atoms with E-state index in [0.29, 0.717) is 12.0 Å². The van der Waals surface area contributed by atoms with E-state index in [1.807, 2.05) is 6.07 Å². The number of carbonyl (C=O) groups excluding carboxylic acids is 1. The van der Waals surface area contributed by atoms with Gasteiger partial charge in [-0.05, 0) is 42.0 Å². The molecule has 2 atom stereocenters. The zero-order valence-corrected chi connectivity index (χ0v) is 13.5. The molecule has 1 aliphatic heterocycles. The Morgan fingerprint density at radius 2 is 2.00 bits per heavy atom. The topological polar surface area (TPSA) is 41.1 Å². The predicted octanol–water partition coefficient (Wildman–Crippen LogP) is 3.41. The Morgan fingerprint density at radius 3 is 2.81 bits per heavy atom. The second-order valence-corrected chi connectivity index (χ2v) is 6.12. The summed E-state index contributed by atoms with van der Waals surface area (Å²) in [7, 11) is 0. The van der Waals surface area contributed by atoms with E-state index in [4.69, 9.17) is 0 Å². The van der Waals surface area contributed by atoms with Gasteiger partial charge in [-0.25, -0.2) is 0 Å². The molecular formula is C17H25ClN2O. The van der Waals surface area contributed by atoms with Crippen molar-refractivity contribution in [1.82, 2.24) is 10.6 Å². The van der Waals surface area contributed by atoms with Crippen LogP contribution in [0.3, 0.4) is 0 Å². The van der Waals surface area contributed by atoms with E-state index in [2.05, 4.69) is 29.7 Å². The van der Waals surface area contributed by atoms with Crippen molar-refractivity contribution in [2.45, 2.75) is 58.2 Å². The number of hydrogen-bond donors (Lipinski definition) is 2. The molecule has 3 rings (SSSR count). The average molecular weight is 309 g/mol. The molecule has 1 amide bonds. The summed E-state index contributed by atoms with van der Waals surface area (Å²) in [6.45, 7) is 4.05. The van der Waals surface area contributed by atoms with Crippen molar-refractivity contribution in [1.29, 1.82) is 0 Å². The molecule has 0 spiro atoms. The maximum Gasteiger partial charge on any atom is 0.251 e. The van der Waals surface area contributed by atoms with Gasteiger partial charge in [0.25, 0.3) is 5.91 Å². The molecule has 1 aliphatic carbocycles. The average Bonchev–Trinajstić information content (AvgIpc) is 2.95. The SMILES string of the molecule is CCC1CCCCC1NC(=O)c1ccc2c(c1)CNC2.Cl. The summed E-state index contributed by atoms with van der Waals surface area (Å²) >= 11 is 0. The van der Waals surface area contributed by atoms with Gasteiger partial charge in [0.2, 0.25) is 0 Å². The summed E-state index contributed by atoms with van der Waals surface area (Å²) in [6, 6.07) is 6.47. The fourth-order valence-electron chi connectivity index (χ4n) is 3.57. The van der Waals surface area contributed by atoms with Gasteiger partial charge in [-0.2, -0.15) is 0 Å². The molecule has 2 aliphatic rings. The Labute approximate surface area is 133 Å². The van der Waals surface area contributed by atoms with E-state index in [9.17, 15) is 4.79 Å². The minimum Gasteiger partial charge on any atom is -0.349 e. The quantitative estimate of drug-likeness (QED) is 0.898. The first-order valence-corrected chi connectivity index (χ1v) is 7.91. The van der Waals surface area contributed by atoms with Crippen LogP contribution in [0.2, 0.25) is 0 Å². The Morgan fingerprint density at radius 1 is 1.24 bits per heavy atom. The molecule has 1 aromatic rings. The van der Waals surface area contributed by atoms with Gasteiger partial charge in [-0.15, -0.1) is 12.4 Å². The maximum atomic E-state index is 12.4. The molecule has 2 N–H and O–H groups in total. The summed E-state index contributed by atoms with van der Waals surface area (Å²) in [5, 5.41) is 6.59. The number of rotatable bonds is 3. The molecule has 1 fully saturated rings. The smallest absolute Gasteiger partial charge is 0.251 e. The van der Waals surface area contributed by atoms with Gasteiger partial charge in [-0.3, -0.25) is 4.79 Å². The van der Waals surface area contributed by atoms with E-state index in [1.165, 1.54) is 36.8 Å². The van der Waals surface area contributed by atoms with E-state index >= 15 is 0 Å². The zero-order valence-electron chi connectivity index (χ0n) is 12.7. The van der Waals surface area contributed by atoms with Crippen LogP contribution in [0.4, 0.5) is 0 Å².